The number of hydrogen-bond acceptors (Lipinski definition) is 5. The molecule has 6 heteroatoms. The van der Waals surface area contributed by atoms with Crippen LogP contribution in [0.15, 0.2) is 12.1 Å². The average molecular weight is 198 g/mol. The van der Waals surface area contributed by atoms with Crippen molar-refractivity contribution in [2.75, 3.05) is 0 Å². The third-order valence-electron chi connectivity index (χ3n) is 1.48. The van der Waals surface area contributed by atoms with Crippen molar-refractivity contribution >= 4 is 12.4 Å². The van der Waals surface area contributed by atoms with E-state index in [1.807, 2.05) is 0 Å². The molecule has 1 rings (SSSR count). The van der Waals surface area contributed by atoms with Crippen LogP contribution in [0, 0.1) is 0 Å². The topological polar surface area (TPSA) is 104 Å². The van der Waals surface area contributed by atoms with Crippen molar-refractivity contribution in [2.24, 2.45) is 0 Å². The maximum atomic E-state index is 10.5. The van der Waals surface area contributed by atoms with E-state index < -0.39 is 23.0 Å². The van der Waals surface area contributed by atoms with Gasteiger partial charge in [-0.1, -0.05) is 0 Å². The molecule has 0 radical (unpaired) electrons. The number of phenols is 2. The minimum atomic E-state index is -1.39. The SMILES string of the molecule is O=COc1cc(O)c(C(=O)O)cc1O. The van der Waals surface area contributed by atoms with Crippen molar-refractivity contribution in [3.8, 4) is 17.2 Å². The second kappa shape index (κ2) is 3.65. The lowest BCUT2D eigenvalue weighted by Gasteiger charge is -2.04. The number of aromatic carboxylic acids is 1. The number of hydrogen-bond donors (Lipinski definition) is 3. The van der Waals surface area contributed by atoms with Gasteiger partial charge in [0.1, 0.15) is 11.3 Å². The number of phenolic OH excluding ortho intramolecular Hbond substituents is 1. The zero-order valence-electron chi connectivity index (χ0n) is 6.80. The lowest BCUT2D eigenvalue weighted by molar-refractivity contribution is -0.120. The Kier molecular flexibility index (Phi) is 2.57. The highest BCUT2D eigenvalue weighted by molar-refractivity contribution is 5.91. The zero-order valence-corrected chi connectivity index (χ0v) is 6.80. The fourth-order valence-corrected chi connectivity index (χ4v) is 0.875. The van der Waals surface area contributed by atoms with E-state index in [1.54, 1.807) is 0 Å². The van der Waals surface area contributed by atoms with Crippen LogP contribution in [0.3, 0.4) is 0 Å². The van der Waals surface area contributed by atoms with Gasteiger partial charge in [0.25, 0.3) is 6.47 Å². The Labute approximate surface area is 78.0 Å². The molecule has 0 heterocycles. The molecule has 0 bridgehead atoms. The summed E-state index contributed by atoms with van der Waals surface area (Å²) in [6.45, 7) is 0.0505. The van der Waals surface area contributed by atoms with Crippen molar-refractivity contribution in [3.63, 3.8) is 0 Å². The molecule has 0 unspecified atom stereocenters. The summed E-state index contributed by atoms with van der Waals surface area (Å²) in [6.07, 6.45) is 0. The van der Waals surface area contributed by atoms with Crippen LogP contribution in [0.2, 0.25) is 0 Å². The van der Waals surface area contributed by atoms with Gasteiger partial charge in [-0.2, -0.15) is 0 Å². The van der Waals surface area contributed by atoms with Crippen LogP contribution in [0.4, 0.5) is 0 Å². The Balaban J connectivity index is 3.23. The van der Waals surface area contributed by atoms with E-state index in [0.717, 1.165) is 12.1 Å². The first-order chi connectivity index (χ1) is 6.56. The number of carbonyl (C=O) groups excluding carboxylic acids is 1. The molecule has 0 spiro atoms. The van der Waals surface area contributed by atoms with Crippen LogP contribution in [-0.4, -0.2) is 27.8 Å². The number of rotatable bonds is 3. The zero-order chi connectivity index (χ0) is 10.7. The summed E-state index contributed by atoms with van der Waals surface area (Å²) in [5, 5.41) is 26.8. The number of carboxylic acid groups (broad SMARTS) is 1. The fraction of sp³-hybridized carbons (Fsp3) is 0. The van der Waals surface area contributed by atoms with Crippen molar-refractivity contribution in [2.45, 2.75) is 0 Å². The number of ether oxygens (including phenoxy) is 1. The Bertz CT molecular complexity index is 384. The Morgan fingerprint density at radius 1 is 1.29 bits per heavy atom. The Hall–Kier alpha value is -2.24. The van der Waals surface area contributed by atoms with E-state index >= 15 is 0 Å². The molecule has 3 N–H and O–H groups in total. The third kappa shape index (κ3) is 1.74. The normalized spacial score (nSPS) is 9.43. The molecule has 0 aliphatic heterocycles. The maximum absolute atomic E-state index is 10.5. The van der Waals surface area contributed by atoms with Crippen LogP contribution in [-0.2, 0) is 4.79 Å². The van der Waals surface area contributed by atoms with Gasteiger partial charge in [0.05, 0.1) is 0 Å². The molecular formula is C8H6O6. The van der Waals surface area contributed by atoms with Gasteiger partial charge in [0.15, 0.2) is 11.5 Å². The molecule has 74 valence electrons. The standard InChI is InChI=1S/C8H6O6/c9-3-14-7-2-5(10)4(8(12)13)1-6(7)11/h1-3,10-11H,(H,12,13). The van der Waals surface area contributed by atoms with Crippen molar-refractivity contribution in [1.82, 2.24) is 0 Å². The first-order valence-corrected chi connectivity index (χ1v) is 3.46. The summed E-state index contributed by atoms with van der Waals surface area (Å²) in [5.74, 6) is -2.82. The minimum Gasteiger partial charge on any atom is -0.507 e. The van der Waals surface area contributed by atoms with Gasteiger partial charge in [0.2, 0.25) is 0 Å². The van der Waals surface area contributed by atoms with Crippen LogP contribution < -0.4 is 4.74 Å². The van der Waals surface area contributed by atoms with Gasteiger partial charge in [-0.25, -0.2) is 4.79 Å². The van der Waals surface area contributed by atoms with Crippen molar-refractivity contribution < 1.29 is 29.6 Å². The Morgan fingerprint density at radius 2 is 1.93 bits per heavy atom. The van der Waals surface area contributed by atoms with Gasteiger partial charge in [-0.05, 0) is 0 Å². The smallest absolute Gasteiger partial charge is 0.339 e. The summed E-state index contributed by atoms with van der Waals surface area (Å²) >= 11 is 0. The average Bonchev–Trinajstić information content (AvgIpc) is 2.10. The number of carbonyl (C=O) groups is 2. The quantitative estimate of drug-likeness (QED) is 0.477. The predicted octanol–water partition coefficient (Wildman–Crippen LogP) is 0.331. The van der Waals surface area contributed by atoms with Gasteiger partial charge >= 0.3 is 5.97 Å². The molecule has 1 aromatic rings. The lowest BCUT2D eigenvalue weighted by atomic mass is 10.2. The first kappa shape index (κ1) is 9.85. The molecule has 1 aromatic carbocycles. The van der Waals surface area contributed by atoms with Gasteiger partial charge in [0, 0.05) is 12.1 Å². The van der Waals surface area contributed by atoms with Crippen LogP contribution in [0.1, 0.15) is 10.4 Å². The minimum absolute atomic E-state index is 0.0505. The molecule has 6 nitrogen and oxygen atoms in total. The van der Waals surface area contributed by atoms with E-state index in [1.165, 1.54) is 0 Å². The molecule has 0 aliphatic carbocycles. The van der Waals surface area contributed by atoms with Gasteiger partial charge in [-0.3, -0.25) is 4.79 Å². The largest absolute Gasteiger partial charge is 0.507 e. The van der Waals surface area contributed by atoms with Crippen LogP contribution >= 0.6 is 0 Å². The number of aromatic hydroxyl groups is 2. The summed E-state index contributed by atoms with van der Waals surface area (Å²) in [5.41, 5.74) is -0.472. The van der Waals surface area contributed by atoms with E-state index in [2.05, 4.69) is 4.74 Å². The van der Waals surface area contributed by atoms with Crippen molar-refractivity contribution in [1.29, 1.82) is 0 Å². The van der Waals surface area contributed by atoms with Crippen LogP contribution in [0.25, 0.3) is 0 Å². The lowest BCUT2D eigenvalue weighted by Crippen LogP contribution is -1.98. The second-order valence-electron chi connectivity index (χ2n) is 2.36. The van der Waals surface area contributed by atoms with E-state index in [9.17, 15) is 9.59 Å². The highest BCUT2D eigenvalue weighted by Crippen LogP contribution is 2.32. The first-order valence-electron chi connectivity index (χ1n) is 3.46. The highest BCUT2D eigenvalue weighted by Gasteiger charge is 2.14. The molecule has 0 aliphatic rings. The van der Waals surface area contributed by atoms with Gasteiger partial charge in [-0.15, -0.1) is 0 Å². The summed E-state index contributed by atoms with van der Waals surface area (Å²) < 4.78 is 4.27. The van der Waals surface area contributed by atoms with E-state index in [4.69, 9.17) is 15.3 Å². The van der Waals surface area contributed by atoms with E-state index in [-0.39, 0.29) is 12.2 Å². The Morgan fingerprint density at radius 3 is 2.43 bits per heavy atom. The third-order valence-corrected chi connectivity index (χ3v) is 1.48. The second-order valence-corrected chi connectivity index (χ2v) is 2.36. The molecule has 0 aromatic heterocycles. The summed E-state index contributed by atoms with van der Waals surface area (Å²) in [7, 11) is 0. The summed E-state index contributed by atoms with van der Waals surface area (Å²) in [6, 6.07) is 1.63. The monoisotopic (exact) mass is 198 g/mol. The predicted molar refractivity (Wildman–Crippen MR) is 43.4 cm³/mol. The molecular weight excluding hydrogens is 192 g/mol. The number of carboxylic acids is 1. The number of benzene rings is 1. The van der Waals surface area contributed by atoms with Crippen LogP contribution in [0.5, 0.6) is 17.2 Å². The molecule has 0 atom stereocenters. The molecule has 0 fully saturated rings. The molecule has 0 saturated heterocycles. The maximum Gasteiger partial charge on any atom is 0.339 e. The fourth-order valence-electron chi connectivity index (χ4n) is 0.875. The molecule has 0 saturated carbocycles. The van der Waals surface area contributed by atoms with Crippen molar-refractivity contribution in [3.05, 3.63) is 17.7 Å². The molecule has 14 heavy (non-hydrogen) atoms. The summed E-state index contributed by atoms with van der Waals surface area (Å²) in [4.78, 5) is 20.4. The highest BCUT2D eigenvalue weighted by atomic mass is 16.5. The van der Waals surface area contributed by atoms with Gasteiger partial charge < -0.3 is 20.1 Å². The molecule has 0 amide bonds. The van der Waals surface area contributed by atoms with E-state index in [0.29, 0.717) is 0 Å².